The fourth-order valence-electron chi connectivity index (χ4n) is 3.87. The van der Waals surface area contributed by atoms with E-state index in [0.717, 1.165) is 12.8 Å². The summed E-state index contributed by atoms with van der Waals surface area (Å²) in [5.74, 6) is -1.40. The van der Waals surface area contributed by atoms with E-state index in [4.69, 9.17) is 25.1 Å². The lowest BCUT2D eigenvalue weighted by Crippen LogP contribution is -2.49. The smallest absolute Gasteiger partial charge is 0.475 e. The number of fused-ring (bicyclic) bond motifs is 1. The number of hydrogen-bond acceptors (Lipinski definition) is 9. The van der Waals surface area contributed by atoms with E-state index in [1.54, 1.807) is 30.3 Å². The number of nitrogens with zero attached hydrogens (tertiary/aromatic N) is 6. The number of carboxylic acid groups (broad SMARTS) is 1. The molecule has 0 spiro atoms. The molecular formula is C25H22F3N7O4S. The van der Waals surface area contributed by atoms with Crippen molar-refractivity contribution in [2.75, 3.05) is 36.4 Å². The average molecular weight is 574 g/mol. The lowest BCUT2D eigenvalue weighted by molar-refractivity contribution is -0.192. The number of aliphatic carboxylic acids is 1. The van der Waals surface area contributed by atoms with E-state index in [0.29, 0.717) is 66.0 Å². The molecule has 2 N–H and O–H groups in total. The first-order chi connectivity index (χ1) is 18.9. The molecule has 1 aliphatic heterocycles. The Balaban J connectivity index is 0.000000470. The van der Waals surface area contributed by atoms with Crippen LogP contribution in [0.4, 0.5) is 24.8 Å². The van der Waals surface area contributed by atoms with Crippen molar-refractivity contribution in [1.82, 2.24) is 14.3 Å². The summed E-state index contributed by atoms with van der Waals surface area (Å²) in [4.78, 5) is 20.6. The Morgan fingerprint density at radius 2 is 1.60 bits per heavy atom. The molecule has 40 heavy (non-hydrogen) atoms. The minimum atomic E-state index is -5.08. The first-order valence-electron chi connectivity index (χ1n) is 12.0. The molecule has 2 heterocycles. The fraction of sp³-hybridized carbons (Fsp3) is 0.320. The normalized spacial score (nSPS) is 15.9. The molecule has 0 amide bonds. The number of piperazine rings is 1. The van der Waals surface area contributed by atoms with Crippen LogP contribution in [0.15, 0.2) is 47.4 Å². The van der Waals surface area contributed by atoms with Gasteiger partial charge in [-0.25, -0.2) is 23.2 Å². The minimum Gasteiger partial charge on any atom is -0.475 e. The highest BCUT2D eigenvalue weighted by molar-refractivity contribution is 7.89. The molecule has 2 aliphatic rings. The molecule has 11 nitrogen and oxygen atoms in total. The van der Waals surface area contributed by atoms with Gasteiger partial charge in [-0.15, -0.1) is 0 Å². The predicted octanol–water partition coefficient (Wildman–Crippen LogP) is 3.09. The van der Waals surface area contributed by atoms with E-state index in [9.17, 15) is 26.9 Å². The summed E-state index contributed by atoms with van der Waals surface area (Å²) >= 11 is 0. The van der Waals surface area contributed by atoms with Gasteiger partial charge in [0, 0.05) is 32.2 Å². The number of carbonyl (C=O) groups is 1. The number of rotatable bonds is 5. The average Bonchev–Trinajstić information content (AvgIpc) is 3.76. The second-order valence-electron chi connectivity index (χ2n) is 8.96. The standard InChI is InChI=1S/C23H21N7O2S.C2HF3O2/c24-14-16-2-1-3-19(12-16)33(31,32)30-10-8-29(9-11-30)23-22(26-18-5-6-18)27-20-7-4-17(15-25)13-21(20)28-23;3-2(4,5)1(6)7/h1-4,7,12-13,18H,5-6,8-11H2,(H,26,27);(H,6,7). The van der Waals surface area contributed by atoms with Crippen LogP contribution in [0, 0.1) is 22.7 Å². The van der Waals surface area contributed by atoms with Crippen molar-refractivity contribution in [1.29, 1.82) is 10.5 Å². The highest BCUT2D eigenvalue weighted by Crippen LogP contribution is 2.32. The third-order valence-electron chi connectivity index (χ3n) is 6.07. The van der Waals surface area contributed by atoms with E-state index in [1.807, 2.05) is 11.0 Å². The zero-order chi connectivity index (χ0) is 29.1. The van der Waals surface area contributed by atoms with Crippen molar-refractivity contribution in [3.63, 3.8) is 0 Å². The van der Waals surface area contributed by atoms with Crippen molar-refractivity contribution < 1.29 is 31.5 Å². The highest BCUT2D eigenvalue weighted by atomic mass is 32.2. The molecule has 3 aromatic rings. The van der Waals surface area contributed by atoms with Gasteiger partial charge >= 0.3 is 12.1 Å². The number of anilines is 2. The lowest BCUT2D eigenvalue weighted by Gasteiger charge is -2.35. The zero-order valence-electron chi connectivity index (χ0n) is 20.8. The van der Waals surface area contributed by atoms with Gasteiger partial charge in [0.05, 0.1) is 39.2 Å². The molecule has 1 saturated carbocycles. The van der Waals surface area contributed by atoms with Gasteiger partial charge in [0.15, 0.2) is 11.6 Å². The number of nitrogens with one attached hydrogen (secondary N) is 1. The first-order valence-corrected chi connectivity index (χ1v) is 13.4. The first kappa shape index (κ1) is 28.5. The molecule has 2 fully saturated rings. The van der Waals surface area contributed by atoms with Crippen LogP contribution < -0.4 is 10.2 Å². The summed E-state index contributed by atoms with van der Waals surface area (Å²) in [5, 5.41) is 28.9. The van der Waals surface area contributed by atoms with Gasteiger partial charge in [0.2, 0.25) is 10.0 Å². The van der Waals surface area contributed by atoms with Gasteiger partial charge in [0.1, 0.15) is 0 Å². The summed E-state index contributed by atoms with van der Waals surface area (Å²) in [7, 11) is -3.70. The maximum atomic E-state index is 13.1. The molecule has 1 aromatic heterocycles. The van der Waals surface area contributed by atoms with Crippen molar-refractivity contribution in [2.45, 2.75) is 30.0 Å². The molecule has 2 aromatic carbocycles. The Hall–Kier alpha value is -4.47. The van der Waals surface area contributed by atoms with E-state index in [2.05, 4.69) is 11.4 Å². The summed E-state index contributed by atoms with van der Waals surface area (Å²) in [6.07, 6.45) is -2.92. The monoisotopic (exact) mass is 573 g/mol. The van der Waals surface area contributed by atoms with Crippen LogP contribution in [-0.2, 0) is 14.8 Å². The molecule has 208 valence electrons. The van der Waals surface area contributed by atoms with Crippen LogP contribution in [-0.4, -0.2) is 72.2 Å². The van der Waals surface area contributed by atoms with Crippen molar-refractivity contribution in [3.05, 3.63) is 53.6 Å². The Bertz CT molecular complexity index is 1620. The van der Waals surface area contributed by atoms with Crippen LogP contribution in [0.25, 0.3) is 11.0 Å². The van der Waals surface area contributed by atoms with Crippen LogP contribution >= 0.6 is 0 Å². The molecule has 1 aliphatic carbocycles. The van der Waals surface area contributed by atoms with E-state index in [-0.39, 0.29) is 4.90 Å². The van der Waals surface area contributed by atoms with E-state index in [1.165, 1.54) is 16.4 Å². The van der Waals surface area contributed by atoms with E-state index >= 15 is 0 Å². The third kappa shape index (κ3) is 6.56. The van der Waals surface area contributed by atoms with Crippen molar-refractivity contribution in [2.24, 2.45) is 0 Å². The Kier molecular flexibility index (Phi) is 8.08. The minimum absolute atomic E-state index is 0.126. The molecule has 0 atom stereocenters. The Morgan fingerprint density at radius 3 is 2.17 bits per heavy atom. The maximum Gasteiger partial charge on any atom is 0.490 e. The van der Waals surface area contributed by atoms with Gasteiger partial charge in [0.25, 0.3) is 0 Å². The topological polar surface area (TPSA) is 163 Å². The summed E-state index contributed by atoms with van der Waals surface area (Å²) < 4.78 is 59.4. The number of halogens is 3. The van der Waals surface area contributed by atoms with Gasteiger partial charge in [-0.3, -0.25) is 0 Å². The lowest BCUT2D eigenvalue weighted by atomic mass is 10.2. The van der Waals surface area contributed by atoms with Crippen molar-refractivity contribution >= 4 is 38.7 Å². The Morgan fingerprint density at radius 1 is 0.975 bits per heavy atom. The largest absolute Gasteiger partial charge is 0.490 e. The van der Waals surface area contributed by atoms with Gasteiger partial charge in [-0.05, 0) is 49.2 Å². The van der Waals surface area contributed by atoms with Crippen LogP contribution in [0.5, 0.6) is 0 Å². The molecule has 5 rings (SSSR count). The molecule has 1 saturated heterocycles. The number of benzene rings is 2. The summed E-state index contributed by atoms with van der Waals surface area (Å²) in [6, 6.07) is 15.8. The van der Waals surface area contributed by atoms with Gasteiger partial charge in [-0.2, -0.15) is 28.0 Å². The Labute approximate surface area is 227 Å². The molecular weight excluding hydrogens is 551 g/mol. The van der Waals surface area contributed by atoms with Crippen molar-refractivity contribution in [3.8, 4) is 12.1 Å². The summed E-state index contributed by atoms with van der Waals surface area (Å²) in [5.41, 5.74) is 2.17. The van der Waals surface area contributed by atoms with Gasteiger partial charge in [-0.1, -0.05) is 6.07 Å². The second-order valence-corrected chi connectivity index (χ2v) is 10.9. The number of sulfonamides is 1. The van der Waals surface area contributed by atoms with Crippen LogP contribution in [0.1, 0.15) is 24.0 Å². The van der Waals surface area contributed by atoms with Gasteiger partial charge < -0.3 is 15.3 Å². The summed E-state index contributed by atoms with van der Waals surface area (Å²) in [6.45, 7) is 1.49. The third-order valence-corrected chi connectivity index (χ3v) is 7.97. The molecule has 0 unspecified atom stereocenters. The second kappa shape index (κ2) is 11.3. The van der Waals surface area contributed by atoms with Crippen LogP contribution in [0.3, 0.4) is 0 Å². The SMILES string of the molecule is N#Cc1cccc(S(=O)(=O)N2CCN(c3nc4cc(C#N)ccc4nc3NC3CC3)CC2)c1.O=C(O)C(F)(F)F. The molecule has 15 heteroatoms. The number of nitriles is 2. The molecule has 0 radical (unpaired) electrons. The maximum absolute atomic E-state index is 13.1. The van der Waals surface area contributed by atoms with E-state index < -0.39 is 22.2 Å². The number of alkyl halides is 3. The number of carboxylic acids is 1. The van der Waals surface area contributed by atoms with Crippen LogP contribution in [0.2, 0.25) is 0 Å². The predicted molar refractivity (Wildman–Crippen MR) is 137 cm³/mol. The zero-order valence-corrected chi connectivity index (χ0v) is 21.6. The highest BCUT2D eigenvalue weighted by Gasteiger charge is 2.38. The molecule has 0 bridgehead atoms. The number of hydrogen-bond donors (Lipinski definition) is 2. The fourth-order valence-corrected chi connectivity index (χ4v) is 5.34. The quantitative estimate of drug-likeness (QED) is 0.464. The number of aromatic nitrogens is 2.